The molecular weight excluding hydrogens is 446 g/mol. The molecule has 30 heavy (non-hydrogen) atoms. The van der Waals surface area contributed by atoms with E-state index in [1.807, 2.05) is 61.5 Å². The first-order chi connectivity index (χ1) is 14.7. The summed E-state index contributed by atoms with van der Waals surface area (Å²) in [6, 6.07) is 20.2. The first-order valence-electron chi connectivity index (χ1n) is 9.94. The second-order valence-electron chi connectivity index (χ2n) is 6.90. The molecule has 156 valence electrons. The molecule has 0 aliphatic carbocycles. The highest BCUT2D eigenvalue weighted by Crippen LogP contribution is 2.37. The Balaban J connectivity index is 1.40. The van der Waals surface area contributed by atoms with Gasteiger partial charge in [-0.15, -0.1) is 0 Å². The van der Waals surface area contributed by atoms with E-state index in [0.29, 0.717) is 26.6 Å². The van der Waals surface area contributed by atoms with E-state index in [0.717, 1.165) is 50.7 Å². The highest BCUT2D eigenvalue weighted by Gasteiger charge is 2.14. The molecule has 3 aromatic carbocycles. The maximum Gasteiger partial charge on any atom is 0.231 e. The zero-order chi connectivity index (χ0) is 20.8. The van der Waals surface area contributed by atoms with Crippen molar-refractivity contribution in [2.45, 2.75) is 26.6 Å². The zero-order valence-electron chi connectivity index (χ0n) is 16.8. The maximum atomic E-state index is 6.06. The van der Waals surface area contributed by atoms with Gasteiger partial charge in [-0.05, 0) is 63.8 Å². The van der Waals surface area contributed by atoms with Crippen LogP contribution in [0.5, 0.6) is 23.0 Å². The molecule has 1 aliphatic heterocycles. The third kappa shape index (κ3) is 5.07. The molecule has 3 aromatic rings. The largest absolute Gasteiger partial charge is 0.490 e. The number of hydrogen-bond donors (Lipinski definition) is 1. The summed E-state index contributed by atoms with van der Waals surface area (Å²) in [5.41, 5.74) is 3.37. The summed E-state index contributed by atoms with van der Waals surface area (Å²) in [5, 5.41) is 3.47. The number of rotatable bonds is 9. The van der Waals surface area contributed by atoms with Gasteiger partial charge in [0, 0.05) is 13.1 Å². The molecule has 1 heterocycles. The molecule has 0 saturated carbocycles. The van der Waals surface area contributed by atoms with Crippen molar-refractivity contribution in [2.75, 3.05) is 13.4 Å². The molecular formula is C24H24BrNO4. The van der Waals surface area contributed by atoms with Crippen LogP contribution >= 0.6 is 15.9 Å². The van der Waals surface area contributed by atoms with Crippen LogP contribution < -0.4 is 24.3 Å². The zero-order valence-corrected chi connectivity index (χ0v) is 18.4. The van der Waals surface area contributed by atoms with E-state index in [1.54, 1.807) is 0 Å². The van der Waals surface area contributed by atoms with Gasteiger partial charge in [0.25, 0.3) is 0 Å². The average molecular weight is 470 g/mol. The van der Waals surface area contributed by atoms with Gasteiger partial charge >= 0.3 is 0 Å². The minimum absolute atomic E-state index is 0.291. The van der Waals surface area contributed by atoms with Crippen molar-refractivity contribution in [1.82, 2.24) is 5.32 Å². The van der Waals surface area contributed by atoms with Gasteiger partial charge in [-0.1, -0.05) is 36.4 Å². The minimum atomic E-state index is 0.291. The standard InChI is InChI=1S/C24H24BrNO4/c1-2-27-23-12-19(10-20(25)24(23)28-15-17-6-4-3-5-7-17)14-26-13-18-8-9-21-22(11-18)30-16-29-21/h3-12,26H,2,13-16H2,1H3. The molecule has 0 fully saturated rings. The highest BCUT2D eigenvalue weighted by molar-refractivity contribution is 9.10. The molecule has 0 unspecified atom stereocenters. The number of nitrogens with one attached hydrogen (secondary N) is 1. The lowest BCUT2D eigenvalue weighted by atomic mass is 10.1. The van der Waals surface area contributed by atoms with Gasteiger partial charge in [-0.2, -0.15) is 0 Å². The fraction of sp³-hybridized carbons (Fsp3) is 0.250. The van der Waals surface area contributed by atoms with Gasteiger partial charge in [0.05, 0.1) is 11.1 Å². The van der Waals surface area contributed by atoms with E-state index in [9.17, 15) is 0 Å². The van der Waals surface area contributed by atoms with Crippen molar-refractivity contribution in [3.8, 4) is 23.0 Å². The van der Waals surface area contributed by atoms with Crippen LogP contribution in [-0.4, -0.2) is 13.4 Å². The SMILES string of the molecule is CCOc1cc(CNCc2ccc3c(c2)OCO3)cc(Br)c1OCc1ccccc1. The minimum Gasteiger partial charge on any atom is -0.490 e. The van der Waals surface area contributed by atoms with Crippen LogP contribution in [0.2, 0.25) is 0 Å². The summed E-state index contributed by atoms with van der Waals surface area (Å²) in [6.07, 6.45) is 0. The second-order valence-corrected chi connectivity index (χ2v) is 7.76. The first kappa shape index (κ1) is 20.6. The Morgan fingerprint density at radius 2 is 1.67 bits per heavy atom. The number of ether oxygens (including phenoxy) is 4. The van der Waals surface area contributed by atoms with Crippen molar-refractivity contribution in [2.24, 2.45) is 0 Å². The fourth-order valence-electron chi connectivity index (χ4n) is 3.26. The molecule has 0 aromatic heterocycles. The predicted octanol–water partition coefficient (Wildman–Crippen LogP) is 5.45. The lowest BCUT2D eigenvalue weighted by Gasteiger charge is -2.16. The van der Waals surface area contributed by atoms with E-state index in [2.05, 4.69) is 27.3 Å². The van der Waals surface area contributed by atoms with Gasteiger partial charge in [0.15, 0.2) is 23.0 Å². The van der Waals surface area contributed by atoms with Crippen LogP contribution in [0.25, 0.3) is 0 Å². The van der Waals surface area contributed by atoms with Crippen molar-refractivity contribution >= 4 is 15.9 Å². The molecule has 0 bridgehead atoms. The van der Waals surface area contributed by atoms with E-state index in [-0.39, 0.29) is 0 Å². The van der Waals surface area contributed by atoms with Crippen LogP contribution in [0.3, 0.4) is 0 Å². The lowest BCUT2D eigenvalue weighted by Crippen LogP contribution is -2.13. The summed E-state index contributed by atoms with van der Waals surface area (Å²) >= 11 is 3.65. The first-order valence-corrected chi connectivity index (χ1v) is 10.7. The quantitative estimate of drug-likeness (QED) is 0.451. The number of halogens is 1. The van der Waals surface area contributed by atoms with Crippen molar-refractivity contribution < 1.29 is 18.9 Å². The van der Waals surface area contributed by atoms with Crippen molar-refractivity contribution in [3.63, 3.8) is 0 Å². The Hall–Kier alpha value is -2.70. The molecule has 0 amide bonds. The average Bonchev–Trinajstić information content (AvgIpc) is 3.22. The number of benzene rings is 3. The smallest absolute Gasteiger partial charge is 0.231 e. The lowest BCUT2D eigenvalue weighted by molar-refractivity contribution is 0.174. The van der Waals surface area contributed by atoms with Crippen LogP contribution in [0.4, 0.5) is 0 Å². The van der Waals surface area contributed by atoms with Crippen LogP contribution in [0, 0.1) is 0 Å². The highest BCUT2D eigenvalue weighted by atomic mass is 79.9. The third-order valence-electron chi connectivity index (χ3n) is 4.69. The Bertz CT molecular complexity index is 994. The van der Waals surface area contributed by atoms with Gasteiger partial charge in [-0.3, -0.25) is 0 Å². The summed E-state index contributed by atoms with van der Waals surface area (Å²) in [6.45, 7) is 4.75. The Kier molecular flexibility index (Phi) is 6.77. The topological polar surface area (TPSA) is 49.0 Å². The molecule has 1 aliphatic rings. The Labute approximate surface area is 185 Å². The Morgan fingerprint density at radius 1 is 0.867 bits per heavy atom. The third-order valence-corrected chi connectivity index (χ3v) is 5.28. The van der Waals surface area contributed by atoms with E-state index < -0.39 is 0 Å². The van der Waals surface area contributed by atoms with Crippen LogP contribution in [0.15, 0.2) is 65.1 Å². The molecule has 4 rings (SSSR count). The molecule has 0 spiro atoms. The summed E-state index contributed by atoms with van der Waals surface area (Å²) in [7, 11) is 0. The second kappa shape index (κ2) is 9.87. The maximum absolute atomic E-state index is 6.06. The van der Waals surface area contributed by atoms with Gasteiger partial charge in [-0.25, -0.2) is 0 Å². The monoisotopic (exact) mass is 469 g/mol. The summed E-state index contributed by atoms with van der Waals surface area (Å²) in [5.74, 6) is 3.06. The van der Waals surface area contributed by atoms with E-state index in [4.69, 9.17) is 18.9 Å². The Morgan fingerprint density at radius 3 is 2.50 bits per heavy atom. The summed E-state index contributed by atoms with van der Waals surface area (Å²) in [4.78, 5) is 0. The van der Waals surface area contributed by atoms with Gasteiger partial charge in [0.2, 0.25) is 6.79 Å². The normalized spacial score (nSPS) is 12.1. The van der Waals surface area contributed by atoms with E-state index >= 15 is 0 Å². The molecule has 0 saturated heterocycles. The molecule has 1 N–H and O–H groups in total. The van der Waals surface area contributed by atoms with Crippen molar-refractivity contribution in [1.29, 1.82) is 0 Å². The summed E-state index contributed by atoms with van der Waals surface area (Å²) < 4.78 is 23.6. The molecule has 0 atom stereocenters. The molecule has 6 heteroatoms. The molecule has 5 nitrogen and oxygen atoms in total. The van der Waals surface area contributed by atoms with Crippen LogP contribution in [0.1, 0.15) is 23.6 Å². The number of hydrogen-bond acceptors (Lipinski definition) is 5. The van der Waals surface area contributed by atoms with Crippen molar-refractivity contribution in [3.05, 3.63) is 81.8 Å². The fourth-order valence-corrected chi connectivity index (χ4v) is 3.86. The number of fused-ring (bicyclic) bond motifs is 1. The molecule has 0 radical (unpaired) electrons. The van der Waals surface area contributed by atoms with Gasteiger partial charge < -0.3 is 24.3 Å². The van der Waals surface area contributed by atoms with Crippen LogP contribution in [-0.2, 0) is 19.7 Å². The predicted molar refractivity (Wildman–Crippen MR) is 119 cm³/mol. The van der Waals surface area contributed by atoms with Gasteiger partial charge in [0.1, 0.15) is 6.61 Å². The van der Waals surface area contributed by atoms with E-state index in [1.165, 1.54) is 0 Å².